The fraction of sp³-hybridized carbons (Fsp3) is 0.542. The van der Waals surface area contributed by atoms with Crippen LogP contribution in [0.25, 0.3) is 11.3 Å². The monoisotopic (exact) mass is 336 g/mol. The zero-order valence-electron chi connectivity index (χ0n) is 16.7. The Bertz CT molecular complexity index is 740. The molecule has 0 fully saturated rings. The summed E-state index contributed by atoms with van der Waals surface area (Å²) in [6.07, 6.45) is 7.30. The van der Waals surface area contributed by atoms with Crippen LogP contribution in [0.4, 0.5) is 0 Å². The highest BCUT2D eigenvalue weighted by Crippen LogP contribution is 2.48. The van der Waals surface area contributed by atoms with Crippen molar-refractivity contribution in [1.29, 1.82) is 0 Å². The first-order valence-corrected chi connectivity index (χ1v) is 10.3. The molecule has 2 heterocycles. The number of nitrogens with zero attached hydrogens (tertiary/aromatic N) is 1. The molecule has 0 amide bonds. The Hall–Kier alpha value is -1.63. The molecule has 1 heteroatoms. The van der Waals surface area contributed by atoms with E-state index in [9.17, 15) is 0 Å². The van der Waals surface area contributed by atoms with E-state index in [2.05, 4.69) is 75.6 Å². The number of fused-ring (bicyclic) bond motifs is 3. The molecule has 2 aromatic rings. The van der Waals surface area contributed by atoms with Crippen LogP contribution in [-0.4, -0.2) is 0 Å². The number of unbranched alkanes of at least 4 members (excludes halogenated alkanes) is 1. The molecule has 1 unspecified atom stereocenters. The first-order chi connectivity index (χ1) is 12.1. The summed E-state index contributed by atoms with van der Waals surface area (Å²) in [6.45, 7) is 11.7. The molecule has 3 rings (SSSR count). The Morgan fingerprint density at radius 2 is 1.76 bits per heavy atom. The van der Waals surface area contributed by atoms with Crippen molar-refractivity contribution in [3.63, 3.8) is 0 Å². The van der Waals surface area contributed by atoms with Crippen molar-refractivity contribution in [2.45, 2.75) is 84.6 Å². The van der Waals surface area contributed by atoms with Crippen LogP contribution in [0.2, 0.25) is 0 Å². The highest BCUT2D eigenvalue weighted by atomic mass is 15.1. The Kier molecular flexibility index (Phi) is 5.32. The molecule has 0 N–H and O–H groups in total. The second-order valence-electron chi connectivity index (χ2n) is 7.69. The summed E-state index contributed by atoms with van der Waals surface area (Å²) in [4.78, 5) is 0. The van der Waals surface area contributed by atoms with E-state index >= 15 is 0 Å². The highest BCUT2D eigenvalue weighted by molar-refractivity contribution is 5.66. The third-order valence-corrected chi connectivity index (χ3v) is 6.54. The van der Waals surface area contributed by atoms with Gasteiger partial charge in [0, 0.05) is 25.5 Å². The maximum atomic E-state index is 2.64. The lowest BCUT2D eigenvalue weighted by atomic mass is 9.65. The lowest BCUT2D eigenvalue weighted by Gasteiger charge is -2.41. The van der Waals surface area contributed by atoms with Gasteiger partial charge >= 0.3 is 0 Å². The topological polar surface area (TPSA) is 3.88 Å². The van der Waals surface area contributed by atoms with Gasteiger partial charge in [-0.15, -0.1) is 0 Å². The molecule has 1 aliphatic rings. The number of aryl methyl sites for hydroxylation is 2. The second-order valence-corrected chi connectivity index (χ2v) is 7.69. The number of hydrogen-bond donors (Lipinski definition) is 0. The largest absolute Gasteiger partial charge is 0.213 e. The van der Waals surface area contributed by atoms with Crippen LogP contribution >= 0.6 is 0 Å². The number of aromatic nitrogens is 1. The molecule has 1 aromatic carbocycles. The van der Waals surface area contributed by atoms with Crippen LogP contribution in [0.3, 0.4) is 0 Å². The Morgan fingerprint density at radius 3 is 2.40 bits per heavy atom. The third-order valence-electron chi connectivity index (χ3n) is 6.54. The van der Waals surface area contributed by atoms with Gasteiger partial charge in [-0.3, -0.25) is 0 Å². The second kappa shape index (κ2) is 7.32. The van der Waals surface area contributed by atoms with Gasteiger partial charge in [0.1, 0.15) is 0 Å². The quantitative estimate of drug-likeness (QED) is 0.544. The van der Waals surface area contributed by atoms with Crippen molar-refractivity contribution < 1.29 is 4.57 Å². The van der Waals surface area contributed by atoms with E-state index in [0.717, 1.165) is 0 Å². The van der Waals surface area contributed by atoms with E-state index < -0.39 is 0 Å². The third kappa shape index (κ3) is 2.82. The van der Waals surface area contributed by atoms with Crippen molar-refractivity contribution in [3.8, 4) is 11.3 Å². The molecule has 0 radical (unpaired) electrons. The summed E-state index contributed by atoms with van der Waals surface area (Å²) in [5, 5.41) is 0. The summed E-state index contributed by atoms with van der Waals surface area (Å²) in [7, 11) is 0. The number of hydrogen-bond acceptors (Lipinski definition) is 0. The number of pyridine rings is 1. The van der Waals surface area contributed by atoms with Gasteiger partial charge in [0.2, 0.25) is 5.69 Å². The van der Waals surface area contributed by atoms with E-state index in [-0.39, 0.29) is 5.41 Å². The maximum absolute atomic E-state index is 2.64. The van der Waals surface area contributed by atoms with E-state index in [0.29, 0.717) is 6.04 Å². The highest BCUT2D eigenvalue weighted by Gasteiger charge is 2.49. The van der Waals surface area contributed by atoms with Crippen molar-refractivity contribution >= 4 is 0 Å². The van der Waals surface area contributed by atoms with Crippen LogP contribution in [0, 0.1) is 6.92 Å². The molecule has 1 aliphatic heterocycles. The van der Waals surface area contributed by atoms with Crippen LogP contribution in [-0.2, 0) is 11.8 Å². The lowest BCUT2D eigenvalue weighted by Crippen LogP contribution is -2.57. The smallest absolute Gasteiger partial charge is 0.192 e. The first kappa shape index (κ1) is 18.2. The number of rotatable bonds is 6. The van der Waals surface area contributed by atoms with Crippen LogP contribution in [0.15, 0.2) is 36.4 Å². The molecule has 0 spiro atoms. The molecule has 0 saturated carbocycles. The molecule has 0 aliphatic carbocycles. The summed E-state index contributed by atoms with van der Waals surface area (Å²) in [6, 6.07) is 14.7. The zero-order chi connectivity index (χ0) is 18.0. The van der Waals surface area contributed by atoms with Crippen LogP contribution in [0.5, 0.6) is 0 Å². The summed E-state index contributed by atoms with van der Waals surface area (Å²) in [5.74, 6) is 0. The van der Waals surface area contributed by atoms with E-state index in [1.165, 1.54) is 61.0 Å². The van der Waals surface area contributed by atoms with Gasteiger partial charge in [-0.25, -0.2) is 0 Å². The zero-order valence-corrected chi connectivity index (χ0v) is 16.7. The standard InChI is InChI=1S/C24H34N/c1-6-10-13-19-15-16-21-20(17-19)22-14-11-12-18(5)25(22)23(7-2)24(21,8-3)9-4/h11-12,14-17,23H,6-10,13H2,1-5H3/q+1. The van der Waals surface area contributed by atoms with Gasteiger partial charge in [0.15, 0.2) is 11.7 Å². The van der Waals surface area contributed by atoms with E-state index in [1.807, 2.05) is 0 Å². The van der Waals surface area contributed by atoms with Gasteiger partial charge < -0.3 is 0 Å². The normalized spacial score (nSPS) is 17.9. The minimum atomic E-state index is 0.247. The molecular weight excluding hydrogens is 302 g/mol. The predicted octanol–water partition coefficient (Wildman–Crippen LogP) is 6.31. The van der Waals surface area contributed by atoms with Crippen molar-refractivity contribution in [3.05, 3.63) is 53.2 Å². The van der Waals surface area contributed by atoms with Crippen molar-refractivity contribution in [2.75, 3.05) is 0 Å². The number of benzene rings is 1. The molecule has 0 saturated heterocycles. The minimum absolute atomic E-state index is 0.247. The van der Waals surface area contributed by atoms with Crippen LogP contribution < -0.4 is 4.57 Å². The Labute approximate surface area is 154 Å². The van der Waals surface area contributed by atoms with Gasteiger partial charge in [0.05, 0.1) is 11.0 Å². The molecule has 1 aromatic heterocycles. The van der Waals surface area contributed by atoms with E-state index in [1.54, 1.807) is 5.56 Å². The fourth-order valence-electron chi connectivity index (χ4n) is 5.14. The van der Waals surface area contributed by atoms with Crippen molar-refractivity contribution in [2.24, 2.45) is 0 Å². The van der Waals surface area contributed by atoms with Gasteiger partial charge in [-0.2, -0.15) is 4.57 Å². The average molecular weight is 337 g/mol. The van der Waals surface area contributed by atoms with Gasteiger partial charge in [-0.05, 0) is 48.9 Å². The fourth-order valence-corrected chi connectivity index (χ4v) is 5.14. The van der Waals surface area contributed by atoms with E-state index in [4.69, 9.17) is 0 Å². The molecule has 1 nitrogen and oxygen atoms in total. The van der Waals surface area contributed by atoms with Gasteiger partial charge in [-0.1, -0.05) is 46.2 Å². The van der Waals surface area contributed by atoms with Crippen LogP contribution in [0.1, 0.15) is 82.7 Å². The minimum Gasteiger partial charge on any atom is -0.192 e. The Morgan fingerprint density at radius 1 is 1.00 bits per heavy atom. The van der Waals surface area contributed by atoms with Crippen molar-refractivity contribution in [1.82, 2.24) is 0 Å². The summed E-state index contributed by atoms with van der Waals surface area (Å²) in [5.41, 5.74) is 7.60. The SMILES string of the molecule is CCCCc1ccc2c(c1)-c1cccc(C)[n+]1C(CC)C2(CC)CC. The summed E-state index contributed by atoms with van der Waals surface area (Å²) >= 11 is 0. The molecular formula is C24H34N+. The Balaban J connectivity index is 2.28. The maximum Gasteiger partial charge on any atom is 0.213 e. The molecule has 25 heavy (non-hydrogen) atoms. The molecule has 134 valence electrons. The van der Waals surface area contributed by atoms with Gasteiger partial charge in [0.25, 0.3) is 0 Å². The predicted molar refractivity (Wildman–Crippen MR) is 107 cm³/mol. The molecule has 0 bridgehead atoms. The summed E-state index contributed by atoms with van der Waals surface area (Å²) < 4.78 is 2.64. The molecule has 1 atom stereocenters. The lowest BCUT2D eigenvalue weighted by molar-refractivity contribution is -0.730. The average Bonchev–Trinajstić information content (AvgIpc) is 2.65. The first-order valence-electron chi connectivity index (χ1n) is 10.3.